The number of sulfone groups is 1. The maximum atomic E-state index is 11.5. The maximum Gasteiger partial charge on any atom is 0.335 e. The summed E-state index contributed by atoms with van der Waals surface area (Å²) in [6, 6.07) is 4.76. The second kappa shape index (κ2) is 4.59. The summed E-state index contributed by atoms with van der Waals surface area (Å²) in [6.07, 6.45) is 2.29. The van der Waals surface area contributed by atoms with Crippen molar-refractivity contribution in [3.63, 3.8) is 0 Å². The minimum absolute atomic E-state index is 0.0749. The van der Waals surface area contributed by atoms with Gasteiger partial charge in [0, 0.05) is 6.54 Å². The average molecular weight is 294 g/mol. The van der Waals surface area contributed by atoms with Gasteiger partial charge >= 0.3 is 5.97 Å². The van der Waals surface area contributed by atoms with Crippen molar-refractivity contribution in [3.05, 3.63) is 30.1 Å². The van der Waals surface area contributed by atoms with Gasteiger partial charge in [-0.1, -0.05) is 0 Å². The quantitative estimate of drug-likeness (QED) is 0.917. The number of fused-ring (bicyclic) bond motifs is 1. The second-order valence-electron chi connectivity index (χ2n) is 5.17. The predicted octanol–water partition coefficient (Wildman–Crippen LogP) is 1.17. The number of carboxylic acids is 1. The molecule has 0 spiro atoms. The van der Waals surface area contributed by atoms with Gasteiger partial charge in [-0.3, -0.25) is 0 Å². The molecule has 3 rings (SSSR count). The summed E-state index contributed by atoms with van der Waals surface area (Å²) < 4.78 is 24.8. The van der Waals surface area contributed by atoms with Crippen LogP contribution in [0.15, 0.2) is 24.5 Å². The molecule has 1 unspecified atom stereocenters. The minimum Gasteiger partial charge on any atom is -0.478 e. The summed E-state index contributed by atoms with van der Waals surface area (Å²) in [4.78, 5) is 15.2. The smallest absolute Gasteiger partial charge is 0.335 e. The van der Waals surface area contributed by atoms with E-state index in [1.165, 1.54) is 6.07 Å². The van der Waals surface area contributed by atoms with Crippen LogP contribution in [0.25, 0.3) is 11.0 Å². The van der Waals surface area contributed by atoms with Gasteiger partial charge in [-0.2, -0.15) is 0 Å². The van der Waals surface area contributed by atoms with Crippen LogP contribution in [0.5, 0.6) is 0 Å². The van der Waals surface area contributed by atoms with Gasteiger partial charge in [-0.05, 0) is 30.5 Å². The van der Waals surface area contributed by atoms with Gasteiger partial charge in [0.05, 0.1) is 34.4 Å². The minimum atomic E-state index is -2.90. The first-order chi connectivity index (χ1) is 9.44. The van der Waals surface area contributed by atoms with Crippen molar-refractivity contribution >= 4 is 26.8 Å². The van der Waals surface area contributed by atoms with Crippen LogP contribution in [0, 0.1) is 5.92 Å². The van der Waals surface area contributed by atoms with E-state index in [1.54, 1.807) is 18.5 Å². The highest BCUT2D eigenvalue weighted by molar-refractivity contribution is 7.91. The standard InChI is InChI=1S/C13H14N2O4S/c16-13(17)10-1-2-11-12(5-10)15(8-14-11)6-9-3-4-20(18,19)7-9/h1-2,5,8-9H,3-4,6-7H2,(H,16,17). The summed E-state index contributed by atoms with van der Waals surface area (Å²) in [7, 11) is -2.90. The lowest BCUT2D eigenvalue weighted by Gasteiger charge is -2.09. The Morgan fingerprint density at radius 2 is 2.25 bits per heavy atom. The summed E-state index contributed by atoms with van der Waals surface area (Å²) in [5.41, 5.74) is 1.66. The summed E-state index contributed by atoms with van der Waals surface area (Å²) >= 11 is 0. The molecule has 1 aromatic heterocycles. The lowest BCUT2D eigenvalue weighted by Crippen LogP contribution is -2.12. The number of carbonyl (C=O) groups is 1. The Balaban J connectivity index is 1.92. The molecule has 1 aliphatic heterocycles. The number of aromatic nitrogens is 2. The number of nitrogens with zero attached hydrogens (tertiary/aromatic N) is 2. The summed E-state index contributed by atoms with van der Waals surface area (Å²) in [5, 5.41) is 9.02. The molecule has 1 aromatic carbocycles. The zero-order valence-corrected chi connectivity index (χ0v) is 11.5. The van der Waals surface area contributed by atoms with Crippen LogP contribution in [0.3, 0.4) is 0 Å². The largest absolute Gasteiger partial charge is 0.478 e. The van der Waals surface area contributed by atoms with Crippen molar-refractivity contribution < 1.29 is 18.3 Å². The zero-order valence-electron chi connectivity index (χ0n) is 10.7. The SMILES string of the molecule is O=C(O)c1ccc2ncn(CC3CCS(=O)(=O)C3)c2c1. The van der Waals surface area contributed by atoms with Gasteiger partial charge in [-0.25, -0.2) is 18.2 Å². The highest BCUT2D eigenvalue weighted by Gasteiger charge is 2.28. The molecule has 20 heavy (non-hydrogen) atoms. The number of hydrogen-bond donors (Lipinski definition) is 1. The lowest BCUT2D eigenvalue weighted by atomic mass is 10.1. The molecule has 0 saturated carbocycles. The Hall–Kier alpha value is -1.89. The van der Waals surface area contributed by atoms with Crippen molar-refractivity contribution in [2.45, 2.75) is 13.0 Å². The van der Waals surface area contributed by atoms with Gasteiger partial charge in [0.1, 0.15) is 0 Å². The van der Waals surface area contributed by atoms with Gasteiger partial charge in [0.2, 0.25) is 0 Å². The van der Waals surface area contributed by atoms with Crippen molar-refractivity contribution in [1.82, 2.24) is 9.55 Å². The van der Waals surface area contributed by atoms with Crippen molar-refractivity contribution in [2.75, 3.05) is 11.5 Å². The summed E-state index contributed by atoms with van der Waals surface area (Å²) in [6.45, 7) is 0.554. The van der Waals surface area contributed by atoms with Gasteiger partial charge in [0.15, 0.2) is 9.84 Å². The van der Waals surface area contributed by atoms with Gasteiger partial charge in [-0.15, -0.1) is 0 Å². The Labute approximate surface area is 116 Å². The molecule has 7 heteroatoms. The molecule has 1 saturated heterocycles. The molecular formula is C13H14N2O4S. The van der Waals surface area contributed by atoms with E-state index in [9.17, 15) is 13.2 Å². The second-order valence-corrected chi connectivity index (χ2v) is 7.40. The fourth-order valence-electron chi connectivity index (χ4n) is 2.63. The third-order valence-electron chi connectivity index (χ3n) is 3.65. The van der Waals surface area contributed by atoms with Crippen LogP contribution < -0.4 is 0 Å². The van der Waals surface area contributed by atoms with Crippen LogP contribution in [0.2, 0.25) is 0 Å². The fourth-order valence-corrected chi connectivity index (χ4v) is 4.48. The zero-order chi connectivity index (χ0) is 14.3. The molecular weight excluding hydrogens is 280 g/mol. The first-order valence-electron chi connectivity index (χ1n) is 6.33. The lowest BCUT2D eigenvalue weighted by molar-refractivity contribution is 0.0697. The molecule has 106 valence electrons. The number of carboxylic acid groups (broad SMARTS) is 1. The van der Waals surface area contributed by atoms with Crippen LogP contribution in [0.1, 0.15) is 16.8 Å². The highest BCUT2D eigenvalue weighted by atomic mass is 32.2. The van der Waals surface area contributed by atoms with Crippen molar-refractivity contribution in [1.29, 1.82) is 0 Å². The molecule has 2 heterocycles. The monoisotopic (exact) mass is 294 g/mol. The average Bonchev–Trinajstić information content (AvgIpc) is 2.93. The molecule has 1 atom stereocenters. The Bertz CT molecular complexity index is 779. The van der Waals surface area contributed by atoms with Crippen LogP contribution in [0.4, 0.5) is 0 Å². The molecule has 0 radical (unpaired) electrons. The van der Waals surface area contributed by atoms with Gasteiger partial charge < -0.3 is 9.67 Å². The number of benzene rings is 1. The van der Waals surface area contributed by atoms with Crippen molar-refractivity contribution in [3.8, 4) is 0 Å². The van der Waals surface area contributed by atoms with E-state index in [1.807, 2.05) is 4.57 Å². The van der Waals surface area contributed by atoms with E-state index in [2.05, 4.69) is 4.98 Å². The van der Waals surface area contributed by atoms with Crippen LogP contribution in [-0.2, 0) is 16.4 Å². The topological polar surface area (TPSA) is 89.3 Å². The van der Waals surface area contributed by atoms with E-state index < -0.39 is 15.8 Å². The van der Waals surface area contributed by atoms with E-state index in [4.69, 9.17) is 5.11 Å². The molecule has 0 aliphatic carbocycles. The number of rotatable bonds is 3. The number of hydrogen-bond acceptors (Lipinski definition) is 4. The van der Waals surface area contributed by atoms with Crippen molar-refractivity contribution in [2.24, 2.45) is 5.92 Å². The number of aromatic carboxylic acids is 1. The first-order valence-corrected chi connectivity index (χ1v) is 8.15. The Morgan fingerprint density at radius 1 is 1.45 bits per heavy atom. The normalized spacial score (nSPS) is 21.3. The molecule has 6 nitrogen and oxygen atoms in total. The molecule has 1 aliphatic rings. The fraction of sp³-hybridized carbons (Fsp3) is 0.385. The summed E-state index contributed by atoms with van der Waals surface area (Å²) in [5.74, 6) is -0.468. The van der Waals surface area contributed by atoms with E-state index in [0.717, 1.165) is 11.0 Å². The highest BCUT2D eigenvalue weighted by Crippen LogP contribution is 2.23. The Kier molecular flexibility index (Phi) is 3.01. The molecule has 0 amide bonds. The van der Waals surface area contributed by atoms with Crippen LogP contribution >= 0.6 is 0 Å². The molecule has 1 fully saturated rings. The van der Waals surface area contributed by atoms with Crippen LogP contribution in [-0.4, -0.2) is 40.6 Å². The van der Waals surface area contributed by atoms with E-state index in [-0.39, 0.29) is 23.0 Å². The first kappa shape index (κ1) is 13.1. The van der Waals surface area contributed by atoms with E-state index in [0.29, 0.717) is 13.0 Å². The molecule has 2 aromatic rings. The third-order valence-corrected chi connectivity index (χ3v) is 5.49. The number of imidazole rings is 1. The predicted molar refractivity (Wildman–Crippen MR) is 73.5 cm³/mol. The van der Waals surface area contributed by atoms with E-state index >= 15 is 0 Å². The molecule has 1 N–H and O–H groups in total. The third kappa shape index (κ3) is 2.40. The maximum absolute atomic E-state index is 11.5. The Morgan fingerprint density at radius 3 is 2.90 bits per heavy atom. The van der Waals surface area contributed by atoms with Gasteiger partial charge in [0.25, 0.3) is 0 Å². The molecule has 0 bridgehead atoms.